The van der Waals surface area contributed by atoms with E-state index < -0.39 is 0 Å². The van der Waals surface area contributed by atoms with Crippen molar-refractivity contribution in [2.24, 2.45) is 17.6 Å². The van der Waals surface area contributed by atoms with Crippen molar-refractivity contribution in [3.05, 3.63) is 0 Å². The van der Waals surface area contributed by atoms with Crippen molar-refractivity contribution in [3.8, 4) is 0 Å². The molecule has 16 heavy (non-hydrogen) atoms. The summed E-state index contributed by atoms with van der Waals surface area (Å²) in [5.41, 5.74) is 5.83. The fourth-order valence-electron chi connectivity index (χ4n) is 2.93. The third-order valence-electron chi connectivity index (χ3n) is 4.03. The second kappa shape index (κ2) is 7.25. The van der Waals surface area contributed by atoms with Crippen molar-refractivity contribution in [2.45, 2.75) is 39.2 Å². The molecule has 0 heterocycles. The Morgan fingerprint density at radius 3 is 2.62 bits per heavy atom. The highest BCUT2D eigenvalue weighted by Gasteiger charge is 2.28. The zero-order valence-corrected chi connectivity index (χ0v) is 11.1. The Morgan fingerprint density at radius 2 is 2.06 bits per heavy atom. The summed E-state index contributed by atoms with van der Waals surface area (Å²) >= 11 is 0. The minimum absolute atomic E-state index is 0.522. The van der Waals surface area contributed by atoms with Crippen LogP contribution in [0.4, 0.5) is 0 Å². The highest BCUT2D eigenvalue weighted by molar-refractivity contribution is 4.81. The average Bonchev–Trinajstić information content (AvgIpc) is 2.73. The molecule has 0 aromatic carbocycles. The van der Waals surface area contributed by atoms with Gasteiger partial charge in [0.05, 0.1) is 6.61 Å². The van der Waals surface area contributed by atoms with E-state index in [1.165, 1.54) is 25.8 Å². The zero-order valence-electron chi connectivity index (χ0n) is 11.1. The van der Waals surface area contributed by atoms with Gasteiger partial charge in [-0.1, -0.05) is 13.3 Å². The van der Waals surface area contributed by atoms with Crippen LogP contribution in [-0.4, -0.2) is 44.3 Å². The Hall–Kier alpha value is -0.120. The maximum Gasteiger partial charge on any atom is 0.0615 e. The van der Waals surface area contributed by atoms with Crippen LogP contribution in [0.15, 0.2) is 0 Å². The molecule has 0 amide bonds. The monoisotopic (exact) mass is 228 g/mol. The lowest BCUT2D eigenvalue weighted by atomic mass is 9.95. The van der Waals surface area contributed by atoms with Crippen LogP contribution in [-0.2, 0) is 4.74 Å². The van der Waals surface area contributed by atoms with Crippen molar-refractivity contribution >= 4 is 0 Å². The van der Waals surface area contributed by atoms with Gasteiger partial charge < -0.3 is 10.5 Å². The molecule has 0 spiro atoms. The largest absolute Gasteiger partial charge is 0.383 e. The molecule has 2 N–H and O–H groups in total. The molecule has 96 valence electrons. The van der Waals surface area contributed by atoms with Crippen molar-refractivity contribution < 1.29 is 4.74 Å². The summed E-state index contributed by atoms with van der Waals surface area (Å²) in [6.45, 7) is 8.48. The molecule has 0 aromatic rings. The van der Waals surface area contributed by atoms with Gasteiger partial charge in [0.15, 0.2) is 0 Å². The molecule has 1 fully saturated rings. The van der Waals surface area contributed by atoms with Crippen LogP contribution >= 0.6 is 0 Å². The minimum Gasteiger partial charge on any atom is -0.383 e. The number of hydrogen-bond donors (Lipinski definition) is 1. The van der Waals surface area contributed by atoms with Crippen LogP contribution < -0.4 is 5.73 Å². The van der Waals surface area contributed by atoms with Gasteiger partial charge in [0, 0.05) is 19.7 Å². The van der Waals surface area contributed by atoms with E-state index >= 15 is 0 Å². The van der Waals surface area contributed by atoms with Crippen LogP contribution in [0.5, 0.6) is 0 Å². The minimum atomic E-state index is 0.522. The van der Waals surface area contributed by atoms with Gasteiger partial charge in [0.1, 0.15) is 0 Å². The summed E-state index contributed by atoms with van der Waals surface area (Å²) in [4.78, 5) is 2.53. The summed E-state index contributed by atoms with van der Waals surface area (Å²) in [6.07, 6.45) is 4.05. The quantitative estimate of drug-likeness (QED) is 0.721. The Morgan fingerprint density at radius 1 is 1.38 bits per heavy atom. The molecule has 0 aromatic heterocycles. The first-order valence-corrected chi connectivity index (χ1v) is 6.65. The van der Waals surface area contributed by atoms with Crippen LogP contribution in [0.25, 0.3) is 0 Å². The fraction of sp³-hybridized carbons (Fsp3) is 1.00. The molecule has 0 aliphatic heterocycles. The van der Waals surface area contributed by atoms with E-state index in [4.69, 9.17) is 10.5 Å². The van der Waals surface area contributed by atoms with E-state index in [0.29, 0.717) is 6.04 Å². The Balaban J connectivity index is 2.42. The van der Waals surface area contributed by atoms with Crippen LogP contribution in [0, 0.1) is 11.8 Å². The molecule has 1 saturated carbocycles. The van der Waals surface area contributed by atoms with E-state index in [1.54, 1.807) is 7.11 Å². The first-order chi connectivity index (χ1) is 7.72. The molecule has 3 nitrogen and oxygen atoms in total. The van der Waals surface area contributed by atoms with Gasteiger partial charge in [-0.3, -0.25) is 4.90 Å². The first-order valence-electron chi connectivity index (χ1n) is 6.65. The molecule has 0 bridgehead atoms. The van der Waals surface area contributed by atoms with Gasteiger partial charge in [0.2, 0.25) is 0 Å². The van der Waals surface area contributed by atoms with Gasteiger partial charge in [0.25, 0.3) is 0 Å². The highest BCUT2D eigenvalue weighted by atomic mass is 16.5. The SMILES string of the molecule is CCN(CC1CCCC1CN)C(C)COC. The topological polar surface area (TPSA) is 38.5 Å². The second-order valence-corrected chi connectivity index (χ2v) is 5.08. The van der Waals surface area contributed by atoms with Crippen molar-refractivity contribution in [1.29, 1.82) is 0 Å². The van der Waals surface area contributed by atoms with Crippen molar-refractivity contribution in [2.75, 3.05) is 33.4 Å². The number of likely N-dealkylation sites (N-methyl/N-ethyl adjacent to an activating group) is 1. The average molecular weight is 228 g/mol. The van der Waals surface area contributed by atoms with Gasteiger partial charge in [-0.25, -0.2) is 0 Å². The summed E-state index contributed by atoms with van der Waals surface area (Å²) in [7, 11) is 1.78. The predicted octanol–water partition coefficient (Wildman–Crippen LogP) is 1.72. The molecule has 1 aliphatic rings. The third kappa shape index (κ3) is 3.72. The summed E-state index contributed by atoms with van der Waals surface area (Å²) in [5, 5.41) is 0. The standard InChI is InChI=1S/C13H28N2O/c1-4-15(11(2)10-16-3)9-13-7-5-6-12(13)8-14/h11-13H,4-10,14H2,1-3H3. The normalized spacial score (nSPS) is 27.6. The first kappa shape index (κ1) is 13.9. The van der Waals surface area contributed by atoms with Gasteiger partial charge >= 0.3 is 0 Å². The Labute approximate surface area is 100 Å². The number of rotatable bonds is 7. The van der Waals surface area contributed by atoms with E-state index in [2.05, 4.69) is 18.7 Å². The third-order valence-corrected chi connectivity index (χ3v) is 4.03. The number of nitrogens with two attached hydrogens (primary N) is 1. The van der Waals surface area contributed by atoms with Gasteiger partial charge in [-0.15, -0.1) is 0 Å². The predicted molar refractivity (Wildman–Crippen MR) is 68.5 cm³/mol. The molecule has 1 rings (SSSR count). The number of methoxy groups -OCH3 is 1. The molecule has 3 heteroatoms. The van der Waals surface area contributed by atoms with E-state index in [0.717, 1.165) is 31.5 Å². The molecular formula is C13H28N2O. The van der Waals surface area contributed by atoms with E-state index in [1.807, 2.05) is 0 Å². The Bertz CT molecular complexity index is 187. The molecule has 0 radical (unpaired) electrons. The zero-order chi connectivity index (χ0) is 12.0. The molecule has 3 atom stereocenters. The maximum atomic E-state index is 5.83. The van der Waals surface area contributed by atoms with Gasteiger partial charge in [-0.05, 0) is 44.7 Å². The van der Waals surface area contributed by atoms with Gasteiger partial charge in [-0.2, -0.15) is 0 Å². The fourth-order valence-corrected chi connectivity index (χ4v) is 2.93. The van der Waals surface area contributed by atoms with Crippen molar-refractivity contribution in [3.63, 3.8) is 0 Å². The van der Waals surface area contributed by atoms with Crippen molar-refractivity contribution in [1.82, 2.24) is 4.90 Å². The summed E-state index contributed by atoms with van der Waals surface area (Å²) < 4.78 is 5.24. The lowest BCUT2D eigenvalue weighted by Gasteiger charge is -2.31. The number of ether oxygens (including phenoxy) is 1. The second-order valence-electron chi connectivity index (χ2n) is 5.08. The highest BCUT2D eigenvalue weighted by Crippen LogP contribution is 2.31. The molecular weight excluding hydrogens is 200 g/mol. The summed E-state index contributed by atoms with van der Waals surface area (Å²) in [6, 6.07) is 0.522. The number of hydrogen-bond acceptors (Lipinski definition) is 3. The summed E-state index contributed by atoms with van der Waals surface area (Å²) in [5.74, 6) is 1.56. The Kier molecular flexibility index (Phi) is 6.32. The lowest BCUT2D eigenvalue weighted by molar-refractivity contribution is 0.0867. The molecule has 1 aliphatic carbocycles. The lowest BCUT2D eigenvalue weighted by Crippen LogP contribution is -2.40. The smallest absolute Gasteiger partial charge is 0.0615 e. The van der Waals surface area contributed by atoms with Crippen LogP contribution in [0.2, 0.25) is 0 Å². The van der Waals surface area contributed by atoms with Crippen LogP contribution in [0.3, 0.4) is 0 Å². The molecule has 0 saturated heterocycles. The van der Waals surface area contributed by atoms with Crippen LogP contribution in [0.1, 0.15) is 33.1 Å². The van der Waals surface area contributed by atoms with E-state index in [-0.39, 0.29) is 0 Å². The maximum absolute atomic E-state index is 5.83. The van der Waals surface area contributed by atoms with E-state index in [9.17, 15) is 0 Å². The molecule has 3 unspecified atom stereocenters. The number of nitrogens with zero attached hydrogens (tertiary/aromatic N) is 1.